The van der Waals surface area contributed by atoms with E-state index in [0.29, 0.717) is 11.3 Å². The zero-order chi connectivity index (χ0) is 14.4. The van der Waals surface area contributed by atoms with Gasteiger partial charge in [0, 0.05) is 31.0 Å². The fraction of sp³-hybridized carbons (Fsp3) is 0.417. The zero-order valence-corrected chi connectivity index (χ0v) is 10.7. The molecule has 0 radical (unpaired) electrons. The number of aliphatic hydroxyl groups is 1. The van der Waals surface area contributed by atoms with Crippen LogP contribution < -0.4 is 5.32 Å². The summed E-state index contributed by atoms with van der Waals surface area (Å²) in [4.78, 5) is 10.3. The maximum absolute atomic E-state index is 10.9. The molecular weight excluding hydrogens is 250 g/mol. The van der Waals surface area contributed by atoms with Crippen molar-refractivity contribution in [3.05, 3.63) is 33.4 Å². The summed E-state index contributed by atoms with van der Waals surface area (Å²) < 4.78 is 4.78. The van der Waals surface area contributed by atoms with Crippen LogP contribution in [0.25, 0.3) is 0 Å². The number of hydrogen-bond donors (Lipinski definition) is 2. The molecule has 0 aromatic heterocycles. The van der Waals surface area contributed by atoms with E-state index in [1.807, 2.05) is 6.07 Å². The first kappa shape index (κ1) is 14.9. The zero-order valence-electron chi connectivity index (χ0n) is 10.7. The molecule has 0 fully saturated rings. The Morgan fingerprint density at radius 1 is 1.63 bits per heavy atom. The first-order chi connectivity index (χ1) is 8.99. The van der Waals surface area contributed by atoms with E-state index in [1.54, 1.807) is 6.92 Å². The van der Waals surface area contributed by atoms with Gasteiger partial charge in [-0.05, 0) is 13.0 Å². The normalized spacial score (nSPS) is 11.7. The van der Waals surface area contributed by atoms with Gasteiger partial charge in [-0.3, -0.25) is 10.1 Å². The van der Waals surface area contributed by atoms with Crippen LogP contribution in [0.4, 0.5) is 11.4 Å². The van der Waals surface area contributed by atoms with E-state index in [-0.39, 0.29) is 24.4 Å². The number of methoxy groups -OCH3 is 1. The molecule has 1 aromatic rings. The topological polar surface area (TPSA) is 108 Å². The molecule has 0 heterocycles. The smallest absolute Gasteiger partial charge is 0.275 e. The first-order valence-corrected chi connectivity index (χ1v) is 5.59. The van der Waals surface area contributed by atoms with Gasteiger partial charge in [0.1, 0.15) is 0 Å². The average molecular weight is 265 g/mol. The highest BCUT2D eigenvalue weighted by atomic mass is 16.6. The number of nitriles is 1. The van der Waals surface area contributed by atoms with Crippen molar-refractivity contribution in [2.45, 2.75) is 13.0 Å². The molecule has 2 N–H and O–H groups in total. The predicted molar refractivity (Wildman–Crippen MR) is 68.9 cm³/mol. The van der Waals surface area contributed by atoms with Gasteiger partial charge >= 0.3 is 0 Å². The van der Waals surface area contributed by atoms with E-state index < -0.39 is 11.0 Å². The van der Waals surface area contributed by atoms with Gasteiger partial charge in [-0.2, -0.15) is 5.26 Å². The van der Waals surface area contributed by atoms with Crippen LogP contribution in [0.1, 0.15) is 11.1 Å². The number of nitro groups is 1. The largest absolute Gasteiger partial charge is 0.389 e. The second-order valence-electron chi connectivity index (χ2n) is 4.03. The fourth-order valence-electron chi connectivity index (χ4n) is 1.62. The molecule has 0 saturated heterocycles. The number of hydrogen-bond acceptors (Lipinski definition) is 6. The van der Waals surface area contributed by atoms with Crippen LogP contribution >= 0.6 is 0 Å². The lowest BCUT2D eigenvalue weighted by Gasteiger charge is -2.14. The van der Waals surface area contributed by atoms with Gasteiger partial charge in [0.15, 0.2) is 0 Å². The number of benzene rings is 1. The SMILES string of the molecule is COCC(O)CNc1cc(C#N)cc([N+](=O)[O-])c1C. The van der Waals surface area contributed by atoms with E-state index in [1.165, 1.54) is 19.2 Å². The molecule has 0 aliphatic rings. The molecule has 0 spiro atoms. The minimum absolute atomic E-state index is 0.122. The van der Waals surface area contributed by atoms with Crippen LogP contribution in [-0.2, 0) is 4.74 Å². The highest BCUT2D eigenvalue weighted by Crippen LogP contribution is 2.27. The van der Waals surface area contributed by atoms with Crippen LogP contribution in [0.3, 0.4) is 0 Å². The highest BCUT2D eigenvalue weighted by Gasteiger charge is 2.16. The van der Waals surface area contributed by atoms with E-state index in [2.05, 4.69) is 5.32 Å². The maximum atomic E-state index is 10.9. The lowest BCUT2D eigenvalue weighted by molar-refractivity contribution is -0.385. The summed E-state index contributed by atoms with van der Waals surface area (Å²) >= 11 is 0. The van der Waals surface area contributed by atoms with E-state index in [9.17, 15) is 15.2 Å². The van der Waals surface area contributed by atoms with Gasteiger partial charge in [-0.25, -0.2) is 0 Å². The monoisotopic (exact) mass is 265 g/mol. The first-order valence-electron chi connectivity index (χ1n) is 5.59. The van der Waals surface area contributed by atoms with Crippen LogP contribution in [0.2, 0.25) is 0 Å². The van der Waals surface area contributed by atoms with Crippen LogP contribution in [0.5, 0.6) is 0 Å². The van der Waals surface area contributed by atoms with Crippen molar-refractivity contribution in [2.24, 2.45) is 0 Å². The number of aliphatic hydroxyl groups excluding tert-OH is 1. The Bertz CT molecular complexity index is 510. The lowest BCUT2D eigenvalue weighted by atomic mass is 10.1. The predicted octanol–water partition coefficient (Wildman–Crippen LogP) is 1.19. The summed E-state index contributed by atoms with van der Waals surface area (Å²) in [6.07, 6.45) is -0.728. The molecule has 102 valence electrons. The molecule has 1 aromatic carbocycles. The summed E-state index contributed by atoms with van der Waals surface area (Å²) in [5, 5.41) is 32.1. The molecule has 0 amide bonds. The Kier molecular flexibility index (Phi) is 5.23. The number of anilines is 1. The van der Waals surface area contributed by atoms with E-state index in [4.69, 9.17) is 10.00 Å². The number of rotatable bonds is 6. The van der Waals surface area contributed by atoms with Gasteiger partial charge in [0.25, 0.3) is 5.69 Å². The van der Waals surface area contributed by atoms with Gasteiger partial charge in [0.05, 0.1) is 29.3 Å². The van der Waals surface area contributed by atoms with Gasteiger partial charge in [0.2, 0.25) is 0 Å². The Labute approximate surface area is 110 Å². The molecular formula is C12H15N3O4. The van der Waals surface area contributed by atoms with Crippen LogP contribution in [0, 0.1) is 28.4 Å². The van der Waals surface area contributed by atoms with Crippen molar-refractivity contribution >= 4 is 11.4 Å². The van der Waals surface area contributed by atoms with Crippen molar-refractivity contribution in [1.29, 1.82) is 5.26 Å². The number of ether oxygens (including phenoxy) is 1. The minimum Gasteiger partial charge on any atom is -0.389 e. The minimum atomic E-state index is -0.728. The standard InChI is InChI=1S/C12H15N3O4/c1-8-11(14-6-10(16)7-19-2)3-9(5-13)4-12(8)15(17)18/h3-4,10,14,16H,6-7H2,1-2H3. The molecule has 1 atom stereocenters. The summed E-state index contributed by atoms with van der Waals surface area (Å²) in [5.41, 5.74) is 0.957. The highest BCUT2D eigenvalue weighted by molar-refractivity contribution is 5.64. The molecule has 7 heteroatoms. The van der Waals surface area contributed by atoms with Crippen molar-refractivity contribution in [3.8, 4) is 6.07 Å². The third-order valence-electron chi connectivity index (χ3n) is 2.59. The number of nitrogens with one attached hydrogen (secondary N) is 1. The van der Waals surface area contributed by atoms with Crippen molar-refractivity contribution in [1.82, 2.24) is 0 Å². The molecule has 19 heavy (non-hydrogen) atoms. The van der Waals surface area contributed by atoms with Crippen LogP contribution in [-0.4, -0.2) is 36.4 Å². The second-order valence-corrected chi connectivity index (χ2v) is 4.03. The van der Waals surface area contributed by atoms with Crippen molar-refractivity contribution in [3.63, 3.8) is 0 Å². The third kappa shape index (κ3) is 3.91. The summed E-state index contributed by atoms with van der Waals surface area (Å²) in [5.74, 6) is 0. The molecule has 1 rings (SSSR count). The molecule has 0 bridgehead atoms. The average Bonchev–Trinajstić information content (AvgIpc) is 2.37. The summed E-state index contributed by atoms with van der Waals surface area (Å²) in [6, 6.07) is 4.62. The van der Waals surface area contributed by atoms with Crippen molar-refractivity contribution in [2.75, 3.05) is 25.6 Å². The Morgan fingerprint density at radius 3 is 2.84 bits per heavy atom. The van der Waals surface area contributed by atoms with Crippen LogP contribution in [0.15, 0.2) is 12.1 Å². The molecule has 7 nitrogen and oxygen atoms in total. The quantitative estimate of drug-likeness (QED) is 0.590. The Morgan fingerprint density at radius 2 is 2.32 bits per heavy atom. The van der Waals surface area contributed by atoms with Crippen molar-refractivity contribution < 1.29 is 14.8 Å². The Hall–Kier alpha value is -2.17. The fourth-order valence-corrected chi connectivity index (χ4v) is 1.62. The number of nitro benzene ring substituents is 1. The molecule has 0 aliphatic heterocycles. The van der Waals surface area contributed by atoms with E-state index >= 15 is 0 Å². The maximum Gasteiger partial charge on any atom is 0.275 e. The second kappa shape index (κ2) is 6.68. The summed E-state index contributed by atoms with van der Waals surface area (Å²) in [6.45, 7) is 1.93. The molecule has 1 unspecified atom stereocenters. The third-order valence-corrected chi connectivity index (χ3v) is 2.59. The molecule has 0 saturated carbocycles. The number of nitrogens with zero attached hydrogens (tertiary/aromatic N) is 2. The van der Waals surface area contributed by atoms with Gasteiger partial charge in [-0.1, -0.05) is 0 Å². The lowest BCUT2D eigenvalue weighted by Crippen LogP contribution is -2.24. The van der Waals surface area contributed by atoms with E-state index in [0.717, 1.165) is 0 Å². The Balaban J connectivity index is 2.97. The van der Waals surface area contributed by atoms with Gasteiger partial charge in [-0.15, -0.1) is 0 Å². The molecule has 0 aliphatic carbocycles. The summed E-state index contributed by atoms with van der Waals surface area (Å²) in [7, 11) is 1.47. The van der Waals surface area contributed by atoms with Gasteiger partial charge < -0.3 is 15.2 Å².